The van der Waals surface area contributed by atoms with E-state index in [1.165, 1.54) is 25.5 Å². The quantitative estimate of drug-likeness (QED) is 0.626. The van der Waals surface area contributed by atoms with Crippen molar-refractivity contribution in [3.05, 3.63) is 47.7 Å². The first kappa shape index (κ1) is 12.9. The smallest absolute Gasteiger partial charge is 0.295 e. The Kier molecular flexibility index (Phi) is 3.54. The lowest BCUT2D eigenvalue weighted by molar-refractivity contribution is -0.0433. The van der Waals surface area contributed by atoms with Gasteiger partial charge in [0.05, 0.1) is 11.1 Å². The number of hydroxylamine groups is 2. The predicted molar refractivity (Wildman–Crippen MR) is 73.7 cm³/mol. The number of carbonyl (C=O) groups excluding carboxylic acids is 2. The molecule has 104 valence electrons. The van der Waals surface area contributed by atoms with Gasteiger partial charge in [0.1, 0.15) is 6.26 Å². The van der Waals surface area contributed by atoms with E-state index < -0.39 is 0 Å². The summed E-state index contributed by atoms with van der Waals surface area (Å²) in [5.74, 6) is -0.281. The number of amides is 2. The van der Waals surface area contributed by atoms with Gasteiger partial charge in [0.2, 0.25) is 0 Å². The lowest BCUT2D eigenvalue weighted by atomic mass is 9.89. The van der Waals surface area contributed by atoms with E-state index in [9.17, 15) is 9.59 Å². The summed E-state index contributed by atoms with van der Waals surface area (Å²) >= 11 is 0. The Morgan fingerprint density at radius 2 is 1.60 bits per heavy atom. The van der Waals surface area contributed by atoms with Crippen LogP contribution >= 0.6 is 0 Å². The van der Waals surface area contributed by atoms with Crippen molar-refractivity contribution in [2.75, 3.05) is 0 Å². The average molecular weight is 271 g/mol. The molecule has 1 aromatic carbocycles. The van der Waals surface area contributed by atoms with Gasteiger partial charge in [-0.15, -0.1) is 0 Å². The molecular weight excluding hydrogens is 254 g/mol. The third-order valence-electron chi connectivity index (χ3n) is 3.92. The second-order valence-electron chi connectivity index (χ2n) is 5.28. The van der Waals surface area contributed by atoms with Crippen molar-refractivity contribution in [3.63, 3.8) is 0 Å². The minimum Gasteiger partial charge on any atom is -0.377 e. The summed E-state index contributed by atoms with van der Waals surface area (Å²) in [7, 11) is 0. The van der Waals surface area contributed by atoms with Crippen LogP contribution in [-0.4, -0.2) is 16.9 Å². The van der Waals surface area contributed by atoms with Crippen molar-refractivity contribution in [3.8, 4) is 0 Å². The van der Waals surface area contributed by atoms with Crippen molar-refractivity contribution in [2.24, 2.45) is 5.92 Å². The number of benzene rings is 1. The lowest BCUT2D eigenvalue weighted by Crippen LogP contribution is -2.28. The highest BCUT2D eigenvalue weighted by Crippen LogP contribution is 2.26. The molecule has 1 aliphatic carbocycles. The molecule has 2 amide bonds. The third kappa shape index (κ3) is 2.33. The van der Waals surface area contributed by atoms with Crippen molar-refractivity contribution in [1.82, 2.24) is 5.06 Å². The molecular formula is C16H17NO3. The van der Waals surface area contributed by atoms with E-state index in [0.717, 1.165) is 17.9 Å². The van der Waals surface area contributed by atoms with E-state index in [2.05, 4.69) is 0 Å². The summed E-state index contributed by atoms with van der Waals surface area (Å²) in [6.07, 6.45) is 9.53. The maximum atomic E-state index is 12.0. The van der Waals surface area contributed by atoms with Gasteiger partial charge in [-0.05, 0) is 37.0 Å². The standard InChI is InChI=1S/C16H17NO3/c18-15-13-8-4-5-9-14(13)16(19)17(15)20-11-10-12-6-2-1-3-7-12/h4-5,8-12H,1-3,6-7H2/b11-10+. The Labute approximate surface area is 118 Å². The number of fused-ring (bicyclic) bond motifs is 1. The second-order valence-corrected chi connectivity index (χ2v) is 5.28. The van der Waals surface area contributed by atoms with Gasteiger partial charge in [-0.1, -0.05) is 36.5 Å². The minimum absolute atomic E-state index is 0.390. The van der Waals surface area contributed by atoms with E-state index in [0.29, 0.717) is 17.0 Å². The minimum atomic E-state index is -0.390. The fourth-order valence-electron chi connectivity index (χ4n) is 2.80. The van der Waals surface area contributed by atoms with E-state index in [1.54, 1.807) is 24.3 Å². The van der Waals surface area contributed by atoms with Crippen LogP contribution in [0.15, 0.2) is 36.6 Å². The fourth-order valence-corrected chi connectivity index (χ4v) is 2.80. The van der Waals surface area contributed by atoms with Crippen molar-refractivity contribution in [2.45, 2.75) is 32.1 Å². The Balaban J connectivity index is 1.66. The zero-order valence-electron chi connectivity index (χ0n) is 11.2. The first-order chi connectivity index (χ1) is 9.77. The molecule has 1 aromatic rings. The molecule has 4 heteroatoms. The number of carbonyl (C=O) groups is 2. The molecule has 0 aromatic heterocycles. The summed E-state index contributed by atoms with van der Waals surface area (Å²) in [5, 5.41) is 0.837. The van der Waals surface area contributed by atoms with Gasteiger partial charge in [0.15, 0.2) is 0 Å². The SMILES string of the molecule is O=C1c2ccccc2C(=O)N1O/C=C/C1CCCCC1. The molecule has 4 nitrogen and oxygen atoms in total. The second kappa shape index (κ2) is 5.49. The van der Waals surface area contributed by atoms with Crippen LogP contribution in [0.3, 0.4) is 0 Å². The van der Waals surface area contributed by atoms with Crippen LogP contribution in [-0.2, 0) is 4.84 Å². The van der Waals surface area contributed by atoms with Gasteiger partial charge in [0, 0.05) is 0 Å². The van der Waals surface area contributed by atoms with Gasteiger partial charge < -0.3 is 4.84 Å². The third-order valence-corrected chi connectivity index (χ3v) is 3.92. The van der Waals surface area contributed by atoms with Crippen molar-refractivity contribution >= 4 is 11.8 Å². The highest BCUT2D eigenvalue weighted by molar-refractivity contribution is 6.20. The summed E-state index contributed by atoms with van der Waals surface area (Å²) in [5.41, 5.74) is 0.812. The average Bonchev–Trinajstić information content (AvgIpc) is 2.74. The first-order valence-corrected chi connectivity index (χ1v) is 7.08. The Morgan fingerprint density at radius 1 is 1.00 bits per heavy atom. The predicted octanol–water partition coefficient (Wildman–Crippen LogP) is 3.31. The fraction of sp³-hybridized carbons (Fsp3) is 0.375. The zero-order chi connectivity index (χ0) is 13.9. The van der Waals surface area contributed by atoms with Crippen LogP contribution in [0.25, 0.3) is 0 Å². The van der Waals surface area contributed by atoms with Crippen LogP contribution in [0.1, 0.15) is 52.8 Å². The number of nitrogens with zero attached hydrogens (tertiary/aromatic N) is 1. The van der Waals surface area contributed by atoms with E-state index >= 15 is 0 Å². The molecule has 0 bridgehead atoms. The van der Waals surface area contributed by atoms with E-state index in [-0.39, 0.29) is 11.8 Å². The van der Waals surface area contributed by atoms with Gasteiger partial charge in [0.25, 0.3) is 11.8 Å². The number of allylic oxidation sites excluding steroid dienone is 1. The summed E-state index contributed by atoms with van der Waals surface area (Å²) in [6.45, 7) is 0. The molecule has 20 heavy (non-hydrogen) atoms. The number of rotatable bonds is 3. The maximum absolute atomic E-state index is 12.0. The highest BCUT2D eigenvalue weighted by atomic mass is 16.7. The lowest BCUT2D eigenvalue weighted by Gasteiger charge is -2.18. The zero-order valence-corrected chi connectivity index (χ0v) is 11.2. The molecule has 0 atom stereocenters. The van der Waals surface area contributed by atoms with E-state index in [4.69, 9.17) is 4.84 Å². The molecule has 0 radical (unpaired) electrons. The normalized spacial score (nSPS) is 19.7. The molecule has 0 N–H and O–H groups in total. The van der Waals surface area contributed by atoms with E-state index in [1.807, 2.05) is 6.08 Å². The van der Waals surface area contributed by atoms with Crippen LogP contribution in [0.4, 0.5) is 0 Å². The summed E-state index contributed by atoms with van der Waals surface area (Å²) < 4.78 is 0. The monoisotopic (exact) mass is 271 g/mol. The van der Waals surface area contributed by atoms with Crippen LogP contribution in [0.2, 0.25) is 0 Å². The molecule has 1 fully saturated rings. The molecule has 1 saturated carbocycles. The Morgan fingerprint density at radius 3 is 2.20 bits per heavy atom. The maximum Gasteiger partial charge on any atom is 0.295 e. The Hall–Kier alpha value is -2.10. The van der Waals surface area contributed by atoms with Crippen LogP contribution in [0.5, 0.6) is 0 Å². The molecule has 0 spiro atoms. The van der Waals surface area contributed by atoms with Gasteiger partial charge in [-0.25, -0.2) is 0 Å². The molecule has 3 rings (SSSR count). The number of imide groups is 1. The summed E-state index contributed by atoms with van der Waals surface area (Å²) in [4.78, 5) is 29.3. The molecule has 0 unspecified atom stereocenters. The first-order valence-electron chi connectivity index (χ1n) is 7.08. The number of hydrogen-bond acceptors (Lipinski definition) is 3. The Bertz CT molecular complexity index is 524. The molecule has 2 aliphatic rings. The van der Waals surface area contributed by atoms with Gasteiger partial charge in [-0.3, -0.25) is 9.59 Å². The van der Waals surface area contributed by atoms with Crippen LogP contribution < -0.4 is 0 Å². The largest absolute Gasteiger partial charge is 0.377 e. The van der Waals surface area contributed by atoms with Crippen LogP contribution in [0, 0.1) is 5.92 Å². The highest BCUT2D eigenvalue weighted by Gasteiger charge is 2.36. The van der Waals surface area contributed by atoms with Crippen molar-refractivity contribution in [1.29, 1.82) is 0 Å². The van der Waals surface area contributed by atoms with Gasteiger partial charge in [-0.2, -0.15) is 0 Å². The number of hydrogen-bond donors (Lipinski definition) is 0. The summed E-state index contributed by atoms with van der Waals surface area (Å²) in [6, 6.07) is 6.77. The topological polar surface area (TPSA) is 46.6 Å². The molecule has 1 heterocycles. The van der Waals surface area contributed by atoms with Crippen molar-refractivity contribution < 1.29 is 14.4 Å². The van der Waals surface area contributed by atoms with Gasteiger partial charge >= 0.3 is 0 Å². The molecule has 1 aliphatic heterocycles. The molecule has 0 saturated heterocycles.